The molecule has 1 saturated heterocycles. The quantitative estimate of drug-likeness (QED) is 0.583. The topological polar surface area (TPSA) is 137 Å². The Hall–Kier alpha value is -2.53. The van der Waals surface area contributed by atoms with Crippen LogP contribution < -0.4 is 10.0 Å². The van der Waals surface area contributed by atoms with Crippen molar-refractivity contribution in [3.8, 4) is 0 Å². The molecule has 0 spiro atoms. The van der Waals surface area contributed by atoms with Crippen molar-refractivity contribution in [1.82, 2.24) is 14.8 Å². The fraction of sp³-hybridized carbons (Fsp3) is 0.500. The summed E-state index contributed by atoms with van der Waals surface area (Å²) in [6.45, 7) is 5.54. The third-order valence-corrected chi connectivity index (χ3v) is 5.45. The predicted molar refractivity (Wildman–Crippen MR) is 98.7 cm³/mol. The van der Waals surface area contributed by atoms with Crippen LogP contribution in [0, 0.1) is 16.0 Å². The smallest absolute Gasteiger partial charge is 0.293 e. The normalized spacial score (nSPS) is 17.6. The summed E-state index contributed by atoms with van der Waals surface area (Å²) in [7, 11) is -4.03. The number of sulfonamides is 1. The van der Waals surface area contributed by atoms with E-state index in [9.17, 15) is 18.5 Å². The van der Waals surface area contributed by atoms with Gasteiger partial charge in [0.2, 0.25) is 10.0 Å². The van der Waals surface area contributed by atoms with Crippen molar-refractivity contribution in [2.75, 3.05) is 11.4 Å². The van der Waals surface area contributed by atoms with Crippen molar-refractivity contribution in [3.63, 3.8) is 0 Å². The minimum Gasteiger partial charge on any atom is -0.356 e. The number of benzene rings is 1. The van der Waals surface area contributed by atoms with Gasteiger partial charge in [0.15, 0.2) is 5.82 Å². The summed E-state index contributed by atoms with van der Waals surface area (Å²) in [5, 5.41) is 24.9. The van der Waals surface area contributed by atoms with E-state index in [0.717, 1.165) is 31.3 Å². The van der Waals surface area contributed by atoms with Crippen LogP contribution in [-0.4, -0.2) is 34.7 Å². The van der Waals surface area contributed by atoms with Gasteiger partial charge in [-0.2, -0.15) is 0 Å². The summed E-state index contributed by atoms with van der Waals surface area (Å²) < 4.78 is 25.1. The largest absolute Gasteiger partial charge is 0.356 e. The number of nitrogens with zero attached hydrogens (tertiary/aromatic N) is 5. The SMILES string of the molecule is CC(C)Cn1cnnc1C1CCCN1c1ccc(S(N)(=O)=O)cc1[N+](=O)[O-]. The van der Waals surface area contributed by atoms with Gasteiger partial charge in [-0.3, -0.25) is 10.1 Å². The molecule has 0 radical (unpaired) electrons. The van der Waals surface area contributed by atoms with Gasteiger partial charge in [-0.25, -0.2) is 13.6 Å². The van der Waals surface area contributed by atoms with Gasteiger partial charge in [-0.15, -0.1) is 10.2 Å². The molecule has 1 unspecified atom stereocenters. The molecule has 1 fully saturated rings. The molecule has 0 saturated carbocycles. The van der Waals surface area contributed by atoms with Gasteiger partial charge < -0.3 is 9.47 Å². The first-order valence-electron chi connectivity index (χ1n) is 8.64. The van der Waals surface area contributed by atoms with Crippen LogP contribution in [-0.2, 0) is 16.6 Å². The molecule has 2 heterocycles. The van der Waals surface area contributed by atoms with Gasteiger partial charge >= 0.3 is 0 Å². The monoisotopic (exact) mass is 394 g/mol. The Bertz CT molecular complexity index is 956. The average Bonchev–Trinajstić information content (AvgIpc) is 3.21. The first kappa shape index (κ1) is 19.2. The fourth-order valence-electron chi connectivity index (χ4n) is 3.45. The molecule has 10 nitrogen and oxygen atoms in total. The molecular formula is C16H22N6O4S. The molecule has 0 aliphatic carbocycles. The van der Waals surface area contributed by atoms with E-state index in [0.29, 0.717) is 18.2 Å². The highest BCUT2D eigenvalue weighted by atomic mass is 32.2. The first-order valence-corrected chi connectivity index (χ1v) is 10.2. The number of primary sulfonamides is 1. The third kappa shape index (κ3) is 3.93. The molecule has 1 aromatic heterocycles. The minimum atomic E-state index is -4.03. The van der Waals surface area contributed by atoms with Crippen molar-refractivity contribution in [2.45, 2.75) is 44.2 Å². The van der Waals surface area contributed by atoms with Gasteiger partial charge in [0.1, 0.15) is 12.0 Å². The van der Waals surface area contributed by atoms with E-state index in [4.69, 9.17) is 5.14 Å². The van der Waals surface area contributed by atoms with Crippen molar-refractivity contribution in [2.24, 2.45) is 11.1 Å². The van der Waals surface area contributed by atoms with Gasteiger partial charge in [0, 0.05) is 19.2 Å². The number of hydrogen-bond acceptors (Lipinski definition) is 7. The number of nitro groups is 1. The van der Waals surface area contributed by atoms with Gasteiger partial charge in [0.05, 0.1) is 15.9 Å². The van der Waals surface area contributed by atoms with Crippen LogP contribution in [0.1, 0.15) is 38.6 Å². The Balaban J connectivity index is 2.03. The maximum atomic E-state index is 11.6. The number of rotatable bonds is 6. The van der Waals surface area contributed by atoms with E-state index in [-0.39, 0.29) is 16.6 Å². The molecule has 27 heavy (non-hydrogen) atoms. The Morgan fingerprint density at radius 1 is 1.41 bits per heavy atom. The summed E-state index contributed by atoms with van der Waals surface area (Å²) in [6.07, 6.45) is 3.29. The lowest BCUT2D eigenvalue weighted by atomic mass is 10.1. The lowest BCUT2D eigenvalue weighted by Gasteiger charge is -2.26. The van der Waals surface area contributed by atoms with E-state index in [1.54, 1.807) is 6.33 Å². The molecular weight excluding hydrogens is 372 g/mol. The number of anilines is 1. The minimum absolute atomic E-state index is 0.162. The highest BCUT2D eigenvalue weighted by Crippen LogP contribution is 2.40. The van der Waals surface area contributed by atoms with E-state index in [2.05, 4.69) is 24.0 Å². The molecule has 0 bridgehead atoms. The molecule has 2 aromatic rings. The van der Waals surface area contributed by atoms with E-state index >= 15 is 0 Å². The number of nitro benzene ring substituents is 1. The lowest BCUT2D eigenvalue weighted by molar-refractivity contribution is -0.384. The molecule has 0 amide bonds. The van der Waals surface area contributed by atoms with E-state index in [1.165, 1.54) is 12.1 Å². The van der Waals surface area contributed by atoms with E-state index in [1.807, 2.05) is 9.47 Å². The summed E-state index contributed by atoms with van der Waals surface area (Å²) in [5.41, 5.74) is 0.0670. The van der Waals surface area contributed by atoms with Crippen LogP contribution in [0.25, 0.3) is 0 Å². The highest BCUT2D eigenvalue weighted by Gasteiger charge is 2.34. The standard InChI is InChI=1S/C16H22N6O4S/c1-11(2)9-20-10-18-19-16(20)14-4-3-7-21(14)13-6-5-12(27(17,25)26)8-15(13)22(23)24/h5-6,8,10-11,14H,3-4,7,9H2,1-2H3,(H2,17,25,26). The number of nitrogens with two attached hydrogens (primary N) is 1. The van der Waals surface area contributed by atoms with Crippen LogP contribution in [0.5, 0.6) is 0 Å². The van der Waals surface area contributed by atoms with Crippen LogP contribution in [0.15, 0.2) is 29.4 Å². The third-order valence-electron chi connectivity index (χ3n) is 4.54. The van der Waals surface area contributed by atoms with Crippen molar-refractivity contribution >= 4 is 21.4 Å². The zero-order chi connectivity index (χ0) is 19.8. The molecule has 1 aliphatic heterocycles. The number of hydrogen-bond donors (Lipinski definition) is 1. The van der Waals surface area contributed by atoms with Gasteiger partial charge in [-0.1, -0.05) is 13.8 Å². The second kappa shape index (κ2) is 7.24. The van der Waals surface area contributed by atoms with Crippen molar-refractivity contribution in [1.29, 1.82) is 0 Å². The van der Waals surface area contributed by atoms with Crippen LogP contribution in [0.4, 0.5) is 11.4 Å². The van der Waals surface area contributed by atoms with Gasteiger partial charge in [-0.05, 0) is 30.9 Å². The van der Waals surface area contributed by atoms with Gasteiger partial charge in [0.25, 0.3) is 5.69 Å². The highest BCUT2D eigenvalue weighted by molar-refractivity contribution is 7.89. The molecule has 146 valence electrons. The first-order chi connectivity index (χ1) is 12.7. The summed E-state index contributed by atoms with van der Waals surface area (Å²) in [5.74, 6) is 1.16. The van der Waals surface area contributed by atoms with Crippen LogP contribution in [0.2, 0.25) is 0 Å². The zero-order valence-electron chi connectivity index (χ0n) is 15.1. The second-order valence-corrected chi connectivity index (χ2v) is 8.60. The Morgan fingerprint density at radius 3 is 2.78 bits per heavy atom. The van der Waals surface area contributed by atoms with Crippen molar-refractivity contribution in [3.05, 3.63) is 40.5 Å². The maximum Gasteiger partial charge on any atom is 0.293 e. The average molecular weight is 394 g/mol. The summed E-state index contributed by atoms with van der Waals surface area (Å²) >= 11 is 0. The van der Waals surface area contributed by atoms with Crippen LogP contribution >= 0.6 is 0 Å². The summed E-state index contributed by atoms with van der Waals surface area (Å²) in [6, 6.07) is 3.59. The molecule has 11 heteroatoms. The Morgan fingerprint density at radius 2 is 2.15 bits per heavy atom. The molecule has 1 aromatic carbocycles. The number of aromatic nitrogens is 3. The molecule has 1 aliphatic rings. The maximum absolute atomic E-state index is 11.6. The Kier molecular flexibility index (Phi) is 5.16. The summed E-state index contributed by atoms with van der Waals surface area (Å²) in [4.78, 5) is 12.6. The van der Waals surface area contributed by atoms with Crippen molar-refractivity contribution < 1.29 is 13.3 Å². The molecule has 2 N–H and O–H groups in total. The molecule has 1 atom stereocenters. The molecule has 3 rings (SSSR count). The lowest BCUT2D eigenvalue weighted by Crippen LogP contribution is -2.26. The predicted octanol–water partition coefficient (Wildman–Crippen LogP) is 1.83. The Labute approximate surface area is 157 Å². The fourth-order valence-corrected chi connectivity index (χ4v) is 3.98. The van der Waals surface area contributed by atoms with Crippen LogP contribution in [0.3, 0.4) is 0 Å². The second-order valence-electron chi connectivity index (χ2n) is 7.04. The van der Waals surface area contributed by atoms with E-state index < -0.39 is 14.9 Å². The zero-order valence-corrected chi connectivity index (χ0v) is 16.0.